The number of allylic oxidation sites excluding steroid dienone is 2. The molecule has 0 aromatic heterocycles. The number of methoxy groups -OCH3 is 1. The third kappa shape index (κ3) is 1.89. The van der Waals surface area contributed by atoms with Crippen LogP contribution in [-0.2, 0) is 4.74 Å². The molecule has 2 aliphatic rings. The Morgan fingerprint density at radius 3 is 2.57 bits per heavy atom. The number of carbonyl (C=O) groups is 2. The lowest BCUT2D eigenvalue weighted by Gasteiger charge is -2.29. The van der Waals surface area contributed by atoms with Crippen LogP contribution < -0.4 is 0 Å². The van der Waals surface area contributed by atoms with Gasteiger partial charge < -0.3 is 14.9 Å². The van der Waals surface area contributed by atoms with E-state index in [1.807, 2.05) is 6.92 Å². The van der Waals surface area contributed by atoms with Crippen molar-refractivity contribution in [3.63, 3.8) is 0 Å². The SMILES string of the molecule is COC1C=C(C)CC2=C1C(=O)c1cc(O)cc(O)c1C2=O. The van der Waals surface area contributed by atoms with Gasteiger partial charge in [0, 0.05) is 29.9 Å². The van der Waals surface area contributed by atoms with Crippen LogP contribution in [0.1, 0.15) is 34.1 Å². The van der Waals surface area contributed by atoms with E-state index >= 15 is 0 Å². The van der Waals surface area contributed by atoms with Crippen molar-refractivity contribution < 1.29 is 24.5 Å². The first-order chi connectivity index (χ1) is 9.93. The van der Waals surface area contributed by atoms with E-state index in [9.17, 15) is 19.8 Å². The Morgan fingerprint density at radius 2 is 1.90 bits per heavy atom. The van der Waals surface area contributed by atoms with Crippen molar-refractivity contribution >= 4 is 11.6 Å². The average molecular weight is 286 g/mol. The van der Waals surface area contributed by atoms with Crippen LogP contribution in [0.3, 0.4) is 0 Å². The van der Waals surface area contributed by atoms with E-state index in [1.165, 1.54) is 13.2 Å². The molecule has 2 N–H and O–H groups in total. The quantitative estimate of drug-likeness (QED) is 0.773. The molecule has 2 aliphatic carbocycles. The molecule has 21 heavy (non-hydrogen) atoms. The lowest BCUT2D eigenvalue weighted by atomic mass is 9.76. The van der Waals surface area contributed by atoms with Crippen LogP contribution in [0.5, 0.6) is 11.5 Å². The molecule has 1 aromatic carbocycles. The third-order valence-corrected chi connectivity index (χ3v) is 3.85. The first kappa shape index (κ1) is 13.6. The molecule has 0 radical (unpaired) electrons. The largest absolute Gasteiger partial charge is 0.508 e. The summed E-state index contributed by atoms with van der Waals surface area (Å²) in [6, 6.07) is 2.27. The molecule has 0 amide bonds. The molecule has 0 fully saturated rings. The van der Waals surface area contributed by atoms with E-state index in [4.69, 9.17) is 4.74 Å². The smallest absolute Gasteiger partial charge is 0.194 e. The van der Waals surface area contributed by atoms with Gasteiger partial charge in [0.25, 0.3) is 0 Å². The molecule has 0 heterocycles. The average Bonchev–Trinajstić information content (AvgIpc) is 2.43. The van der Waals surface area contributed by atoms with Crippen molar-refractivity contribution in [2.45, 2.75) is 19.4 Å². The number of benzene rings is 1. The predicted octanol–water partition coefficient (Wildman–Crippen LogP) is 2.14. The zero-order valence-corrected chi connectivity index (χ0v) is 11.6. The Kier molecular flexibility index (Phi) is 2.95. The van der Waals surface area contributed by atoms with Gasteiger partial charge in [0.05, 0.1) is 5.56 Å². The van der Waals surface area contributed by atoms with Gasteiger partial charge in [-0.25, -0.2) is 0 Å². The van der Waals surface area contributed by atoms with Gasteiger partial charge in [0.2, 0.25) is 0 Å². The van der Waals surface area contributed by atoms with E-state index in [1.54, 1.807) is 6.08 Å². The zero-order chi connectivity index (χ0) is 15.3. The highest BCUT2D eigenvalue weighted by Crippen LogP contribution is 2.40. The van der Waals surface area contributed by atoms with E-state index in [0.29, 0.717) is 17.6 Å². The Morgan fingerprint density at radius 1 is 1.19 bits per heavy atom. The minimum absolute atomic E-state index is 0.0197. The van der Waals surface area contributed by atoms with Crippen molar-refractivity contribution in [1.29, 1.82) is 0 Å². The van der Waals surface area contributed by atoms with E-state index < -0.39 is 6.10 Å². The summed E-state index contributed by atoms with van der Waals surface area (Å²) in [5, 5.41) is 19.5. The standard InChI is InChI=1S/C16H14O5/c1-7-3-9-14(12(4-7)21-2)16(20)10-5-8(17)6-11(18)13(10)15(9)19/h4-6,12,17-18H,3H2,1-2H3. The fraction of sp³-hybridized carbons (Fsp3) is 0.250. The van der Waals surface area contributed by atoms with Crippen molar-refractivity contribution in [1.82, 2.24) is 0 Å². The number of phenols is 2. The van der Waals surface area contributed by atoms with Gasteiger partial charge in [-0.3, -0.25) is 9.59 Å². The van der Waals surface area contributed by atoms with Gasteiger partial charge in [-0.05, 0) is 19.4 Å². The molecule has 108 valence electrons. The molecule has 0 aliphatic heterocycles. The Labute approximate surface area is 121 Å². The maximum Gasteiger partial charge on any atom is 0.194 e. The van der Waals surface area contributed by atoms with Crippen molar-refractivity contribution in [2.24, 2.45) is 0 Å². The Hall–Kier alpha value is -2.40. The third-order valence-electron chi connectivity index (χ3n) is 3.85. The lowest BCUT2D eigenvalue weighted by Crippen LogP contribution is -2.31. The van der Waals surface area contributed by atoms with Gasteiger partial charge in [-0.2, -0.15) is 0 Å². The maximum absolute atomic E-state index is 12.6. The summed E-state index contributed by atoms with van der Waals surface area (Å²) in [5.74, 6) is -1.41. The molecule has 0 saturated carbocycles. The molecule has 1 aromatic rings. The highest BCUT2D eigenvalue weighted by Gasteiger charge is 2.39. The van der Waals surface area contributed by atoms with Crippen LogP contribution in [0.2, 0.25) is 0 Å². The molecule has 0 bridgehead atoms. The molecule has 3 rings (SSSR count). The molecule has 5 nitrogen and oxygen atoms in total. The number of carbonyl (C=O) groups excluding carboxylic acids is 2. The second-order valence-electron chi connectivity index (χ2n) is 5.28. The second-order valence-corrected chi connectivity index (χ2v) is 5.28. The summed E-state index contributed by atoms with van der Waals surface area (Å²) < 4.78 is 5.29. The Balaban J connectivity index is 2.25. The molecular weight excluding hydrogens is 272 g/mol. The summed E-state index contributed by atoms with van der Waals surface area (Å²) in [6.45, 7) is 1.86. The summed E-state index contributed by atoms with van der Waals surface area (Å²) in [6.07, 6.45) is 1.58. The van der Waals surface area contributed by atoms with Gasteiger partial charge in [0.1, 0.15) is 17.6 Å². The van der Waals surface area contributed by atoms with Gasteiger partial charge in [-0.15, -0.1) is 0 Å². The summed E-state index contributed by atoms with van der Waals surface area (Å²) in [7, 11) is 1.47. The minimum atomic E-state index is -0.581. The Bertz CT molecular complexity index is 739. The lowest BCUT2D eigenvalue weighted by molar-refractivity contribution is 0.0917. The number of aromatic hydroxyl groups is 2. The highest BCUT2D eigenvalue weighted by molar-refractivity contribution is 6.28. The number of phenolic OH excluding ortho intramolecular Hbond substituents is 2. The van der Waals surface area contributed by atoms with E-state index in [-0.39, 0.29) is 34.2 Å². The van der Waals surface area contributed by atoms with Crippen LogP contribution in [0.4, 0.5) is 0 Å². The number of ether oxygens (including phenoxy) is 1. The minimum Gasteiger partial charge on any atom is -0.508 e. The second kappa shape index (κ2) is 4.56. The summed E-state index contributed by atoms with van der Waals surface area (Å²) >= 11 is 0. The number of fused-ring (bicyclic) bond motifs is 1. The first-order valence-corrected chi connectivity index (χ1v) is 6.52. The number of rotatable bonds is 1. The van der Waals surface area contributed by atoms with Crippen LogP contribution in [-0.4, -0.2) is 35.0 Å². The fourth-order valence-electron chi connectivity index (χ4n) is 2.93. The van der Waals surface area contributed by atoms with Crippen LogP contribution in [0.25, 0.3) is 0 Å². The van der Waals surface area contributed by atoms with Crippen molar-refractivity contribution in [3.05, 3.63) is 46.1 Å². The van der Waals surface area contributed by atoms with Crippen molar-refractivity contribution in [2.75, 3.05) is 7.11 Å². The summed E-state index contributed by atoms with van der Waals surface area (Å²) in [5.41, 5.74) is 1.57. The van der Waals surface area contributed by atoms with Gasteiger partial charge in [-0.1, -0.05) is 11.6 Å². The topological polar surface area (TPSA) is 83.8 Å². The van der Waals surface area contributed by atoms with Crippen LogP contribution in [0.15, 0.2) is 34.9 Å². The maximum atomic E-state index is 12.6. The first-order valence-electron chi connectivity index (χ1n) is 6.52. The summed E-state index contributed by atoms with van der Waals surface area (Å²) in [4.78, 5) is 25.2. The predicted molar refractivity (Wildman–Crippen MR) is 74.6 cm³/mol. The molecule has 1 atom stereocenters. The van der Waals surface area contributed by atoms with Gasteiger partial charge in [0.15, 0.2) is 11.6 Å². The van der Waals surface area contributed by atoms with Crippen molar-refractivity contribution in [3.8, 4) is 11.5 Å². The van der Waals surface area contributed by atoms with Crippen LogP contribution in [0, 0.1) is 0 Å². The van der Waals surface area contributed by atoms with E-state index in [2.05, 4.69) is 0 Å². The number of hydrogen-bond donors (Lipinski definition) is 2. The normalized spacial score (nSPS) is 21.0. The van der Waals surface area contributed by atoms with Crippen LogP contribution >= 0.6 is 0 Å². The zero-order valence-electron chi connectivity index (χ0n) is 11.6. The highest BCUT2D eigenvalue weighted by atomic mass is 16.5. The number of Topliss-reactive ketones (excluding diaryl/α,β-unsaturated/α-hetero) is 2. The molecular formula is C16H14O5. The number of ketones is 2. The van der Waals surface area contributed by atoms with E-state index in [0.717, 1.165) is 11.6 Å². The fourth-order valence-corrected chi connectivity index (χ4v) is 2.93. The molecule has 1 unspecified atom stereocenters. The monoisotopic (exact) mass is 286 g/mol. The van der Waals surface area contributed by atoms with Gasteiger partial charge >= 0.3 is 0 Å². The molecule has 5 heteroatoms. The number of hydrogen-bond acceptors (Lipinski definition) is 5. The molecule has 0 saturated heterocycles. The molecule has 0 spiro atoms.